The minimum Gasteiger partial charge on any atom is -0.487 e. The summed E-state index contributed by atoms with van der Waals surface area (Å²) < 4.78 is 5.95. The molecule has 1 aromatic heterocycles. The van der Waals surface area contributed by atoms with Crippen LogP contribution in [0.2, 0.25) is 0 Å². The molecule has 1 aromatic carbocycles. The summed E-state index contributed by atoms with van der Waals surface area (Å²) in [5, 5.41) is 3.44. The van der Waals surface area contributed by atoms with Crippen LogP contribution in [-0.4, -0.2) is 6.04 Å². The van der Waals surface area contributed by atoms with Crippen LogP contribution in [0, 0.1) is 0 Å². The first-order valence-corrected chi connectivity index (χ1v) is 8.16. The fourth-order valence-electron chi connectivity index (χ4n) is 1.98. The number of benzene rings is 1. The van der Waals surface area contributed by atoms with Crippen molar-refractivity contribution in [2.75, 3.05) is 0 Å². The van der Waals surface area contributed by atoms with Crippen LogP contribution >= 0.6 is 11.3 Å². The van der Waals surface area contributed by atoms with Gasteiger partial charge in [0.15, 0.2) is 0 Å². The highest BCUT2D eigenvalue weighted by Crippen LogP contribution is 2.23. The Morgan fingerprint density at radius 3 is 2.67 bits per heavy atom. The van der Waals surface area contributed by atoms with Gasteiger partial charge in [0, 0.05) is 27.9 Å². The molecule has 2 rings (SSSR count). The van der Waals surface area contributed by atoms with Crippen LogP contribution in [0.3, 0.4) is 0 Å². The van der Waals surface area contributed by atoms with E-state index in [2.05, 4.69) is 43.4 Å². The van der Waals surface area contributed by atoms with Crippen LogP contribution in [0.4, 0.5) is 0 Å². The van der Waals surface area contributed by atoms with Gasteiger partial charge < -0.3 is 10.1 Å². The third-order valence-corrected chi connectivity index (χ3v) is 4.10. The summed E-state index contributed by atoms with van der Waals surface area (Å²) in [6, 6.07) is 13.0. The zero-order valence-electron chi connectivity index (χ0n) is 12.9. The Balaban J connectivity index is 1.94. The molecule has 2 nitrogen and oxygen atoms in total. The fourth-order valence-corrected chi connectivity index (χ4v) is 2.86. The maximum atomic E-state index is 5.95. The molecule has 0 unspecified atom stereocenters. The largest absolute Gasteiger partial charge is 0.487 e. The van der Waals surface area contributed by atoms with E-state index in [1.165, 1.54) is 9.75 Å². The second-order valence-electron chi connectivity index (χ2n) is 5.23. The van der Waals surface area contributed by atoms with Crippen LogP contribution in [-0.2, 0) is 13.2 Å². The number of nitrogens with one attached hydrogen (secondary N) is 1. The molecule has 0 aliphatic heterocycles. The van der Waals surface area contributed by atoms with Gasteiger partial charge in [-0.2, -0.15) is 0 Å². The molecule has 3 heteroatoms. The van der Waals surface area contributed by atoms with E-state index < -0.39 is 0 Å². The highest BCUT2D eigenvalue weighted by atomic mass is 32.1. The van der Waals surface area contributed by atoms with Gasteiger partial charge in [0.2, 0.25) is 0 Å². The van der Waals surface area contributed by atoms with Gasteiger partial charge in [-0.25, -0.2) is 0 Å². The first-order valence-electron chi connectivity index (χ1n) is 7.34. The molecule has 0 aliphatic rings. The highest BCUT2D eigenvalue weighted by Gasteiger charge is 2.04. The smallest absolute Gasteiger partial charge is 0.127 e. The van der Waals surface area contributed by atoms with Crippen molar-refractivity contribution in [1.82, 2.24) is 5.32 Å². The molecular weight excluding hydrogens is 278 g/mol. The van der Waals surface area contributed by atoms with E-state index in [4.69, 9.17) is 4.74 Å². The lowest BCUT2D eigenvalue weighted by molar-refractivity contribution is 0.309. The monoisotopic (exact) mass is 301 g/mol. The molecule has 0 spiro atoms. The van der Waals surface area contributed by atoms with Gasteiger partial charge in [0.25, 0.3) is 0 Å². The SMILES string of the molecule is C/C=C/c1ccccc1OCc1ccc(CNC(C)C)s1. The molecule has 0 atom stereocenters. The number of hydrogen-bond acceptors (Lipinski definition) is 3. The fraction of sp³-hybridized carbons (Fsp3) is 0.333. The van der Waals surface area contributed by atoms with Crippen molar-refractivity contribution >= 4 is 17.4 Å². The predicted molar refractivity (Wildman–Crippen MR) is 91.8 cm³/mol. The van der Waals surface area contributed by atoms with Gasteiger partial charge in [-0.3, -0.25) is 0 Å². The number of hydrogen-bond donors (Lipinski definition) is 1. The third kappa shape index (κ3) is 5.03. The summed E-state index contributed by atoms with van der Waals surface area (Å²) in [7, 11) is 0. The summed E-state index contributed by atoms with van der Waals surface area (Å²) in [6.45, 7) is 7.90. The lowest BCUT2D eigenvalue weighted by Gasteiger charge is -2.08. The topological polar surface area (TPSA) is 21.3 Å². The first kappa shape index (κ1) is 15.8. The number of ether oxygens (including phenoxy) is 1. The van der Waals surface area contributed by atoms with Crippen LogP contribution in [0.15, 0.2) is 42.5 Å². The maximum absolute atomic E-state index is 5.95. The Morgan fingerprint density at radius 1 is 1.14 bits per heavy atom. The second-order valence-corrected chi connectivity index (χ2v) is 6.48. The average Bonchev–Trinajstić information content (AvgIpc) is 2.92. The zero-order chi connectivity index (χ0) is 15.1. The zero-order valence-corrected chi connectivity index (χ0v) is 13.7. The quantitative estimate of drug-likeness (QED) is 0.788. The molecule has 0 saturated heterocycles. The molecule has 0 radical (unpaired) electrons. The van der Waals surface area contributed by atoms with Crippen molar-refractivity contribution in [1.29, 1.82) is 0 Å². The number of allylic oxidation sites excluding steroid dienone is 1. The Labute approximate surface area is 131 Å². The Kier molecular flexibility index (Phi) is 6.03. The van der Waals surface area contributed by atoms with E-state index >= 15 is 0 Å². The molecule has 2 aromatic rings. The van der Waals surface area contributed by atoms with E-state index in [9.17, 15) is 0 Å². The Morgan fingerprint density at radius 2 is 1.90 bits per heavy atom. The molecule has 1 N–H and O–H groups in total. The summed E-state index contributed by atoms with van der Waals surface area (Å²) >= 11 is 1.81. The molecular formula is C18H23NOS. The maximum Gasteiger partial charge on any atom is 0.127 e. The molecule has 1 heterocycles. The van der Waals surface area contributed by atoms with Gasteiger partial charge in [0.1, 0.15) is 12.4 Å². The summed E-state index contributed by atoms with van der Waals surface area (Å²) in [4.78, 5) is 2.61. The molecule has 112 valence electrons. The van der Waals surface area contributed by atoms with E-state index in [1.54, 1.807) is 0 Å². The minimum atomic E-state index is 0.513. The minimum absolute atomic E-state index is 0.513. The number of thiophene rings is 1. The average molecular weight is 301 g/mol. The first-order chi connectivity index (χ1) is 10.2. The highest BCUT2D eigenvalue weighted by molar-refractivity contribution is 7.11. The van der Waals surface area contributed by atoms with Crippen molar-refractivity contribution in [2.45, 2.75) is 40.0 Å². The van der Waals surface area contributed by atoms with Crippen LogP contribution in [0.1, 0.15) is 36.1 Å². The predicted octanol–water partition coefficient (Wildman–Crippen LogP) is 4.86. The Bertz CT molecular complexity index is 586. The van der Waals surface area contributed by atoms with Crippen molar-refractivity contribution in [3.63, 3.8) is 0 Å². The number of rotatable bonds is 7. The Hall–Kier alpha value is -1.58. The van der Waals surface area contributed by atoms with Gasteiger partial charge in [-0.05, 0) is 25.1 Å². The van der Waals surface area contributed by atoms with E-state index in [0.29, 0.717) is 12.6 Å². The standard InChI is InChI=1S/C18H23NOS/c1-4-7-15-8-5-6-9-18(15)20-13-17-11-10-16(21-17)12-19-14(2)3/h4-11,14,19H,12-13H2,1-3H3/b7-4+. The van der Waals surface area contributed by atoms with Crippen LogP contribution < -0.4 is 10.1 Å². The molecule has 0 bridgehead atoms. The van der Waals surface area contributed by atoms with Crippen molar-refractivity contribution in [3.8, 4) is 5.75 Å². The summed E-state index contributed by atoms with van der Waals surface area (Å²) in [6.07, 6.45) is 4.10. The number of para-hydroxylation sites is 1. The van der Waals surface area contributed by atoms with E-state index in [0.717, 1.165) is 17.9 Å². The normalized spacial score (nSPS) is 11.4. The molecule has 0 saturated carbocycles. The molecule has 0 amide bonds. The molecule has 0 aliphatic carbocycles. The summed E-state index contributed by atoms with van der Waals surface area (Å²) in [5.74, 6) is 0.936. The lowest BCUT2D eigenvalue weighted by Crippen LogP contribution is -2.21. The van der Waals surface area contributed by atoms with Gasteiger partial charge in [-0.1, -0.05) is 44.2 Å². The van der Waals surface area contributed by atoms with Gasteiger partial charge >= 0.3 is 0 Å². The lowest BCUT2D eigenvalue weighted by atomic mass is 10.2. The second kappa shape index (κ2) is 8.01. The van der Waals surface area contributed by atoms with Crippen molar-refractivity contribution in [2.24, 2.45) is 0 Å². The van der Waals surface area contributed by atoms with Crippen molar-refractivity contribution < 1.29 is 4.74 Å². The molecule has 21 heavy (non-hydrogen) atoms. The third-order valence-electron chi connectivity index (χ3n) is 3.04. The van der Waals surface area contributed by atoms with Crippen LogP contribution in [0.5, 0.6) is 5.75 Å². The summed E-state index contributed by atoms with van der Waals surface area (Å²) in [5.41, 5.74) is 1.12. The van der Waals surface area contributed by atoms with E-state index in [-0.39, 0.29) is 0 Å². The van der Waals surface area contributed by atoms with Gasteiger partial charge in [0.05, 0.1) is 0 Å². The molecule has 0 fully saturated rings. The van der Waals surface area contributed by atoms with Crippen molar-refractivity contribution in [3.05, 3.63) is 57.8 Å². The van der Waals surface area contributed by atoms with E-state index in [1.807, 2.05) is 42.5 Å². The van der Waals surface area contributed by atoms with Gasteiger partial charge in [-0.15, -0.1) is 11.3 Å². The van der Waals surface area contributed by atoms with Crippen LogP contribution in [0.25, 0.3) is 6.08 Å².